The van der Waals surface area contributed by atoms with E-state index in [4.69, 9.17) is 9.26 Å². The van der Waals surface area contributed by atoms with Crippen LogP contribution in [0.5, 0.6) is 0 Å². The molecule has 134 valence electrons. The second kappa shape index (κ2) is 6.29. The van der Waals surface area contributed by atoms with Gasteiger partial charge in [-0.2, -0.15) is 5.10 Å². The van der Waals surface area contributed by atoms with Gasteiger partial charge in [0.2, 0.25) is 5.76 Å². The number of aromatic nitrogens is 3. The van der Waals surface area contributed by atoms with E-state index in [-0.39, 0.29) is 17.9 Å². The summed E-state index contributed by atoms with van der Waals surface area (Å²) in [6, 6.07) is 1.77. The summed E-state index contributed by atoms with van der Waals surface area (Å²) in [5.74, 6) is 0.807. The van der Waals surface area contributed by atoms with Crippen LogP contribution in [0.25, 0.3) is 0 Å². The third kappa shape index (κ3) is 3.08. The molecule has 2 atom stereocenters. The lowest BCUT2D eigenvalue weighted by molar-refractivity contribution is 0.0822. The molecule has 4 rings (SSSR count). The van der Waals surface area contributed by atoms with E-state index in [1.54, 1.807) is 6.07 Å². The van der Waals surface area contributed by atoms with Crippen molar-refractivity contribution in [2.75, 3.05) is 13.2 Å². The largest absolute Gasteiger partial charge is 0.373 e. The van der Waals surface area contributed by atoms with Gasteiger partial charge in [0.15, 0.2) is 0 Å². The lowest BCUT2D eigenvalue weighted by Crippen LogP contribution is -2.30. The van der Waals surface area contributed by atoms with E-state index in [9.17, 15) is 4.79 Å². The highest BCUT2D eigenvalue weighted by molar-refractivity contribution is 5.91. The Labute approximate surface area is 146 Å². The number of carbonyl (C=O) groups is 1. The minimum atomic E-state index is -0.204. The van der Waals surface area contributed by atoms with Gasteiger partial charge in [-0.15, -0.1) is 0 Å². The maximum Gasteiger partial charge on any atom is 0.289 e. The maximum absolute atomic E-state index is 12.3. The molecule has 1 amide bonds. The van der Waals surface area contributed by atoms with E-state index in [0.717, 1.165) is 41.9 Å². The van der Waals surface area contributed by atoms with Crippen molar-refractivity contribution in [3.8, 4) is 0 Å². The third-order valence-corrected chi connectivity index (χ3v) is 5.34. The smallest absolute Gasteiger partial charge is 0.289 e. The topological polar surface area (TPSA) is 82.2 Å². The molecule has 1 aliphatic carbocycles. The fraction of sp³-hybridized carbons (Fsp3) is 0.611. The molecule has 2 aliphatic rings. The number of ether oxygens (including phenoxy) is 1. The van der Waals surface area contributed by atoms with Crippen LogP contribution in [0.1, 0.15) is 64.5 Å². The van der Waals surface area contributed by atoms with E-state index in [1.165, 1.54) is 0 Å². The van der Waals surface area contributed by atoms with Crippen LogP contribution in [0.4, 0.5) is 0 Å². The number of rotatable bonds is 5. The summed E-state index contributed by atoms with van der Waals surface area (Å²) in [4.78, 5) is 12.3. The van der Waals surface area contributed by atoms with Crippen molar-refractivity contribution >= 4 is 5.91 Å². The minimum absolute atomic E-state index is 0.0225. The molecule has 0 unspecified atom stereocenters. The molecule has 1 saturated carbocycles. The Kier molecular flexibility index (Phi) is 4.11. The van der Waals surface area contributed by atoms with Gasteiger partial charge in [-0.05, 0) is 33.1 Å². The van der Waals surface area contributed by atoms with Crippen LogP contribution in [0.15, 0.2) is 10.6 Å². The summed E-state index contributed by atoms with van der Waals surface area (Å²) in [5, 5.41) is 11.5. The van der Waals surface area contributed by atoms with E-state index >= 15 is 0 Å². The van der Waals surface area contributed by atoms with Gasteiger partial charge in [0.05, 0.1) is 17.5 Å². The molecule has 7 heteroatoms. The van der Waals surface area contributed by atoms with Gasteiger partial charge in [0.25, 0.3) is 5.91 Å². The Bertz CT molecular complexity index is 790. The van der Waals surface area contributed by atoms with Crippen LogP contribution in [-0.4, -0.2) is 34.0 Å². The van der Waals surface area contributed by atoms with Crippen molar-refractivity contribution in [2.45, 2.75) is 45.1 Å². The van der Waals surface area contributed by atoms with Gasteiger partial charge in [0, 0.05) is 49.4 Å². The van der Waals surface area contributed by atoms with Crippen molar-refractivity contribution in [2.24, 2.45) is 13.0 Å². The molecule has 0 spiro atoms. The molecule has 3 heterocycles. The van der Waals surface area contributed by atoms with Gasteiger partial charge in [-0.1, -0.05) is 5.16 Å². The molecule has 2 aromatic heterocycles. The van der Waals surface area contributed by atoms with Crippen LogP contribution < -0.4 is 5.32 Å². The monoisotopic (exact) mass is 344 g/mol. The first-order chi connectivity index (χ1) is 12.0. The second-order valence-corrected chi connectivity index (χ2v) is 7.15. The summed E-state index contributed by atoms with van der Waals surface area (Å²) < 4.78 is 13.0. The number of amides is 1. The number of nitrogens with one attached hydrogen (secondary N) is 1. The quantitative estimate of drug-likeness (QED) is 0.901. The van der Waals surface area contributed by atoms with Crippen molar-refractivity contribution in [3.05, 3.63) is 34.5 Å². The summed E-state index contributed by atoms with van der Waals surface area (Å²) in [6.45, 7) is 5.32. The van der Waals surface area contributed by atoms with Crippen LogP contribution in [0, 0.1) is 19.8 Å². The number of hydrogen-bond acceptors (Lipinski definition) is 5. The first-order valence-corrected chi connectivity index (χ1v) is 8.91. The minimum Gasteiger partial charge on any atom is -0.373 e. The fourth-order valence-electron chi connectivity index (χ4n) is 3.64. The van der Waals surface area contributed by atoms with Crippen molar-refractivity contribution in [3.63, 3.8) is 0 Å². The van der Waals surface area contributed by atoms with Crippen LogP contribution in [0.3, 0.4) is 0 Å². The zero-order valence-corrected chi connectivity index (χ0v) is 14.9. The van der Waals surface area contributed by atoms with Gasteiger partial charge >= 0.3 is 0 Å². The van der Waals surface area contributed by atoms with Crippen LogP contribution in [-0.2, 0) is 11.8 Å². The van der Waals surface area contributed by atoms with Crippen molar-refractivity contribution < 1.29 is 14.1 Å². The summed E-state index contributed by atoms with van der Waals surface area (Å²) in [7, 11) is 1.94. The van der Waals surface area contributed by atoms with Gasteiger partial charge in [-0.25, -0.2) is 0 Å². The second-order valence-electron chi connectivity index (χ2n) is 7.15. The first-order valence-electron chi connectivity index (χ1n) is 8.91. The maximum atomic E-state index is 12.3. The Balaban J connectivity index is 1.41. The van der Waals surface area contributed by atoms with Gasteiger partial charge in [0.1, 0.15) is 0 Å². The van der Waals surface area contributed by atoms with E-state index in [1.807, 2.05) is 18.7 Å². The lowest BCUT2D eigenvalue weighted by atomic mass is 9.94. The Morgan fingerprint density at radius 2 is 2.16 bits per heavy atom. The average molecular weight is 344 g/mol. The average Bonchev–Trinajstić information content (AvgIpc) is 3.03. The Hall–Kier alpha value is -2.15. The van der Waals surface area contributed by atoms with Crippen LogP contribution >= 0.6 is 0 Å². The molecule has 1 aliphatic heterocycles. The molecule has 1 saturated heterocycles. The SMILES string of the molecule is Cc1nn(C)c(C)c1[C@H]1OCC[C@@H]1CNC(=O)c1cc(C2CC2)no1. The molecule has 2 aromatic rings. The van der Waals surface area contributed by atoms with E-state index in [2.05, 4.69) is 22.5 Å². The van der Waals surface area contributed by atoms with Crippen molar-refractivity contribution in [1.82, 2.24) is 20.3 Å². The highest BCUT2D eigenvalue weighted by Crippen LogP contribution is 2.39. The molecule has 25 heavy (non-hydrogen) atoms. The lowest BCUT2D eigenvalue weighted by Gasteiger charge is -2.19. The standard InChI is InChI=1S/C18H24N4O3/c1-10-16(11(2)22(3)20-10)17-13(6-7-24-17)9-19-18(23)15-8-14(21-25-15)12-4-5-12/h8,12-13,17H,4-7,9H2,1-3H3,(H,19,23)/t13-,17+/m1/s1. The molecule has 0 bridgehead atoms. The normalized spacial score (nSPS) is 23.2. The molecule has 7 nitrogen and oxygen atoms in total. The highest BCUT2D eigenvalue weighted by Gasteiger charge is 2.34. The predicted molar refractivity (Wildman–Crippen MR) is 90.3 cm³/mol. The molecule has 1 N–H and O–H groups in total. The summed E-state index contributed by atoms with van der Waals surface area (Å²) in [5.41, 5.74) is 4.15. The Morgan fingerprint density at radius 3 is 2.84 bits per heavy atom. The third-order valence-electron chi connectivity index (χ3n) is 5.34. The fourth-order valence-corrected chi connectivity index (χ4v) is 3.64. The summed E-state index contributed by atoms with van der Waals surface area (Å²) in [6.07, 6.45) is 3.17. The number of carbonyl (C=O) groups excluding carboxylic acids is 1. The molecule has 0 radical (unpaired) electrons. The first kappa shape index (κ1) is 16.3. The Morgan fingerprint density at radius 1 is 1.36 bits per heavy atom. The summed E-state index contributed by atoms with van der Waals surface area (Å²) >= 11 is 0. The highest BCUT2D eigenvalue weighted by atomic mass is 16.5. The molecule has 2 fully saturated rings. The van der Waals surface area contributed by atoms with Crippen LogP contribution in [0.2, 0.25) is 0 Å². The zero-order chi connectivity index (χ0) is 17.6. The number of nitrogens with zero attached hydrogens (tertiary/aromatic N) is 3. The van der Waals surface area contributed by atoms with Gasteiger partial charge < -0.3 is 14.6 Å². The number of hydrogen-bond donors (Lipinski definition) is 1. The molecular formula is C18H24N4O3. The molecular weight excluding hydrogens is 320 g/mol. The van der Waals surface area contributed by atoms with Crippen molar-refractivity contribution in [1.29, 1.82) is 0 Å². The van der Waals surface area contributed by atoms with Gasteiger partial charge in [-0.3, -0.25) is 9.48 Å². The predicted octanol–water partition coefficient (Wildman–Crippen LogP) is 2.41. The molecule has 0 aromatic carbocycles. The number of aryl methyl sites for hydroxylation is 2. The zero-order valence-electron chi connectivity index (χ0n) is 14.9. The van der Waals surface area contributed by atoms with E-state index < -0.39 is 0 Å². The van der Waals surface area contributed by atoms with E-state index in [0.29, 0.717) is 24.8 Å².